The van der Waals surface area contributed by atoms with Crippen LogP contribution in [0.2, 0.25) is 0 Å². The van der Waals surface area contributed by atoms with Crippen molar-refractivity contribution < 1.29 is 28.6 Å². The summed E-state index contributed by atoms with van der Waals surface area (Å²) in [7, 11) is 6.41. The average Bonchev–Trinajstić information content (AvgIpc) is 3.50. The Bertz CT molecular complexity index is 1130. The van der Waals surface area contributed by atoms with Crippen molar-refractivity contribution in [2.75, 3.05) is 28.4 Å². The first-order valence-corrected chi connectivity index (χ1v) is 12.3. The highest BCUT2D eigenvalue weighted by Crippen LogP contribution is 2.43. The summed E-state index contributed by atoms with van der Waals surface area (Å²) < 4.78 is 16.0. The monoisotopic (exact) mass is 494 g/mol. The zero-order valence-electron chi connectivity index (χ0n) is 21.4. The predicted octanol–water partition coefficient (Wildman–Crippen LogP) is 3.70. The number of hydrogen-bond acceptors (Lipinski definition) is 6. The number of methoxy groups -OCH3 is 3. The molecule has 1 saturated carbocycles. The van der Waals surface area contributed by atoms with Crippen molar-refractivity contribution in [1.29, 1.82) is 0 Å². The van der Waals surface area contributed by atoms with Gasteiger partial charge in [0.2, 0.25) is 17.7 Å². The molecule has 36 heavy (non-hydrogen) atoms. The van der Waals surface area contributed by atoms with Crippen LogP contribution in [0, 0.1) is 0 Å². The van der Waals surface area contributed by atoms with Crippen LogP contribution < -0.4 is 14.2 Å². The first-order valence-electron chi connectivity index (χ1n) is 12.3. The Morgan fingerprint density at radius 1 is 0.972 bits per heavy atom. The molecule has 1 saturated heterocycles. The van der Waals surface area contributed by atoms with E-state index in [2.05, 4.69) is 0 Å². The third kappa shape index (κ3) is 4.76. The number of benzene rings is 2. The SMILES string of the molecule is COc1ccc([C@@]2(CC(=O)N(C)Cc3ccc(OC)c(OC)c3)CC(=O)N(C3CCCC3)C2=O)cc1. The number of hydrogen-bond donors (Lipinski definition) is 0. The Labute approximate surface area is 212 Å². The van der Waals surface area contributed by atoms with Crippen molar-refractivity contribution in [3.63, 3.8) is 0 Å². The zero-order valence-corrected chi connectivity index (χ0v) is 21.4. The maximum absolute atomic E-state index is 13.9. The summed E-state index contributed by atoms with van der Waals surface area (Å²) in [5, 5.41) is 0. The molecule has 1 atom stereocenters. The van der Waals surface area contributed by atoms with Crippen molar-refractivity contribution >= 4 is 17.7 Å². The fraction of sp³-hybridized carbons (Fsp3) is 0.464. The van der Waals surface area contributed by atoms with Crippen LogP contribution in [0.3, 0.4) is 0 Å². The van der Waals surface area contributed by atoms with Gasteiger partial charge in [0.25, 0.3) is 0 Å². The standard InChI is InChI=1S/C28H34N2O6/c1-29(18-19-9-14-23(35-3)24(15-19)36-4)25(31)16-28(20-10-12-22(34-2)13-11-20)17-26(32)30(27(28)33)21-7-5-6-8-21/h9-15,21H,5-8,16-18H2,1-4H3/t28-/m1/s1. The van der Waals surface area contributed by atoms with E-state index >= 15 is 0 Å². The van der Waals surface area contributed by atoms with Gasteiger partial charge in [-0.25, -0.2) is 0 Å². The quantitative estimate of drug-likeness (QED) is 0.494. The van der Waals surface area contributed by atoms with Gasteiger partial charge in [-0.15, -0.1) is 0 Å². The molecule has 1 aliphatic heterocycles. The molecule has 192 valence electrons. The summed E-state index contributed by atoms with van der Waals surface area (Å²) in [5.74, 6) is 1.16. The Hall–Kier alpha value is -3.55. The minimum absolute atomic E-state index is 0.00932. The molecule has 2 aromatic rings. The lowest BCUT2D eigenvalue weighted by Gasteiger charge is -2.31. The van der Waals surface area contributed by atoms with E-state index in [1.807, 2.05) is 12.1 Å². The lowest BCUT2D eigenvalue weighted by molar-refractivity contribution is -0.144. The number of amides is 3. The van der Waals surface area contributed by atoms with Gasteiger partial charge in [0.15, 0.2) is 11.5 Å². The molecule has 2 fully saturated rings. The summed E-state index contributed by atoms with van der Waals surface area (Å²) in [6.07, 6.45) is 3.56. The van der Waals surface area contributed by atoms with Gasteiger partial charge in [-0.2, -0.15) is 0 Å². The summed E-state index contributed by atoms with van der Waals surface area (Å²) in [4.78, 5) is 43.7. The second-order valence-electron chi connectivity index (χ2n) is 9.61. The fourth-order valence-electron chi connectivity index (χ4n) is 5.40. The highest BCUT2D eigenvalue weighted by molar-refractivity contribution is 6.11. The van der Waals surface area contributed by atoms with Crippen LogP contribution in [0.5, 0.6) is 17.2 Å². The molecular weight excluding hydrogens is 460 g/mol. The van der Waals surface area contributed by atoms with Crippen LogP contribution in [-0.2, 0) is 26.3 Å². The predicted molar refractivity (Wildman–Crippen MR) is 134 cm³/mol. The van der Waals surface area contributed by atoms with Crippen molar-refractivity contribution in [3.8, 4) is 17.2 Å². The number of likely N-dealkylation sites (tertiary alicyclic amines) is 1. The Kier molecular flexibility index (Phi) is 7.52. The highest BCUT2D eigenvalue weighted by atomic mass is 16.5. The minimum Gasteiger partial charge on any atom is -0.497 e. The fourth-order valence-corrected chi connectivity index (χ4v) is 5.40. The molecule has 0 radical (unpaired) electrons. The second kappa shape index (κ2) is 10.6. The van der Waals surface area contributed by atoms with E-state index in [4.69, 9.17) is 14.2 Å². The van der Waals surface area contributed by atoms with E-state index in [9.17, 15) is 14.4 Å². The molecule has 1 aliphatic carbocycles. The molecule has 0 unspecified atom stereocenters. The zero-order chi connectivity index (χ0) is 25.9. The lowest BCUT2D eigenvalue weighted by Crippen LogP contribution is -2.45. The van der Waals surface area contributed by atoms with E-state index in [1.165, 1.54) is 4.90 Å². The molecule has 0 bridgehead atoms. The largest absolute Gasteiger partial charge is 0.497 e. The van der Waals surface area contributed by atoms with Gasteiger partial charge in [-0.05, 0) is 48.2 Å². The maximum atomic E-state index is 13.9. The lowest BCUT2D eigenvalue weighted by atomic mass is 9.75. The third-order valence-corrected chi connectivity index (χ3v) is 7.43. The molecule has 2 aliphatic rings. The van der Waals surface area contributed by atoms with Crippen molar-refractivity contribution in [3.05, 3.63) is 53.6 Å². The van der Waals surface area contributed by atoms with E-state index in [0.717, 1.165) is 31.2 Å². The average molecular weight is 495 g/mol. The van der Waals surface area contributed by atoms with E-state index in [1.54, 1.807) is 63.6 Å². The van der Waals surface area contributed by atoms with E-state index in [-0.39, 0.29) is 36.6 Å². The van der Waals surface area contributed by atoms with Gasteiger partial charge >= 0.3 is 0 Å². The minimum atomic E-state index is -1.23. The van der Waals surface area contributed by atoms with Gasteiger partial charge in [0, 0.05) is 32.5 Å². The second-order valence-corrected chi connectivity index (χ2v) is 9.61. The molecule has 3 amide bonds. The van der Waals surface area contributed by atoms with Crippen LogP contribution in [0.25, 0.3) is 0 Å². The Morgan fingerprint density at radius 2 is 1.64 bits per heavy atom. The van der Waals surface area contributed by atoms with Gasteiger partial charge in [0.1, 0.15) is 5.75 Å². The number of carbonyl (C=O) groups is 3. The van der Waals surface area contributed by atoms with Crippen LogP contribution in [-0.4, -0.2) is 61.9 Å². The molecule has 0 aromatic heterocycles. The topological polar surface area (TPSA) is 85.4 Å². The number of nitrogens with zero attached hydrogens (tertiary/aromatic N) is 2. The smallest absolute Gasteiger partial charge is 0.241 e. The summed E-state index contributed by atoms with van der Waals surface area (Å²) in [6.45, 7) is 0.326. The van der Waals surface area contributed by atoms with Crippen molar-refractivity contribution in [1.82, 2.24) is 9.80 Å². The molecular formula is C28H34N2O6. The first kappa shape index (κ1) is 25.5. The van der Waals surface area contributed by atoms with Gasteiger partial charge in [-0.3, -0.25) is 19.3 Å². The first-order chi connectivity index (χ1) is 17.3. The Balaban J connectivity index is 1.61. The van der Waals surface area contributed by atoms with Crippen molar-refractivity contribution in [2.24, 2.45) is 0 Å². The normalized spacial score (nSPS) is 20.1. The maximum Gasteiger partial charge on any atom is 0.241 e. The highest BCUT2D eigenvalue weighted by Gasteiger charge is 2.55. The molecule has 8 nitrogen and oxygen atoms in total. The third-order valence-electron chi connectivity index (χ3n) is 7.43. The number of rotatable bonds is 9. The molecule has 8 heteroatoms. The van der Waals surface area contributed by atoms with Crippen LogP contribution in [0.1, 0.15) is 49.7 Å². The molecule has 4 rings (SSSR count). The number of carbonyl (C=O) groups excluding carboxylic acids is 3. The van der Waals surface area contributed by atoms with Gasteiger partial charge in [0.05, 0.1) is 26.7 Å². The van der Waals surface area contributed by atoms with Gasteiger partial charge in [-0.1, -0.05) is 31.0 Å². The molecule has 2 aromatic carbocycles. The van der Waals surface area contributed by atoms with Crippen LogP contribution in [0.4, 0.5) is 0 Å². The van der Waals surface area contributed by atoms with Crippen LogP contribution in [0.15, 0.2) is 42.5 Å². The summed E-state index contributed by atoms with van der Waals surface area (Å²) in [5.41, 5.74) is 0.299. The van der Waals surface area contributed by atoms with Gasteiger partial charge < -0.3 is 19.1 Å². The van der Waals surface area contributed by atoms with Crippen molar-refractivity contribution in [2.45, 2.75) is 56.5 Å². The summed E-state index contributed by atoms with van der Waals surface area (Å²) >= 11 is 0. The molecule has 0 spiro atoms. The van der Waals surface area contributed by atoms with E-state index < -0.39 is 5.41 Å². The molecule has 0 N–H and O–H groups in total. The van der Waals surface area contributed by atoms with E-state index in [0.29, 0.717) is 29.4 Å². The number of imide groups is 1. The molecule has 1 heterocycles. The summed E-state index contributed by atoms with van der Waals surface area (Å²) in [6, 6.07) is 12.5. The van der Waals surface area contributed by atoms with Crippen LogP contribution >= 0.6 is 0 Å². The number of ether oxygens (including phenoxy) is 3. The Morgan fingerprint density at radius 3 is 2.25 bits per heavy atom.